The molecular formula is C34H39F4N7O3S. The summed E-state index contributed by atoms with van der Waals surface area (Å²) in [6, 6.07) is 8.52. The van der Waals surface area contributed by atoms with Crippen LogP contribution in [0.1, 0.15) is 48.7 Å². The molecule has 2 aromatic carbocycles. The number of nitrogen functional groups attached to an aromatic ring is 1. The Morgan fingerprint density at radius 3 is 2.65 bits per heavy atom. The third kappa shape index (κ3) is 8.51. The van der Waals surface area contributed by atoms with Crippen LogP contribution < -0.4 is 26.3 Å². The van der Waals surface area contributed by atoms with Gasteiger partial charge in [0, 0.05) is 36.2 Å². The number of anilines is 2. The minimum Gasteiger partial charge on any atom is -0.485 e. The Balaban J connectivity index is 1.36. The van der Waals surface area contributed by atoms with Gasteiger partial charge in [0.2, 0.25) is 5.78 Å². The molecule has 0 saturated carbocycles. The molecule has 5 rings (SSSR count). The summed E-state index contributed by atoms with van der Waals surface area (Å²) in [5.74, 6) is -2.37. The molecule has 0 spiro atoms. The van der Waals surface area contributed by atoms with Crippen molar-refractivity contribution >= 4 is 45.8 Å². The van der Waals surface area contributed by atoms with E-state index < -0.39 is 36.2 Å². The maximum Gasteiger partial charge on any atom is 0.272 e. The fourth-order valence-electron chi connectivity index (χ4n) is 5.66. The van der Waals surface area contributed by atoms with E-state index in [-0.39, 0.29) is 35.5 Å². The highest BCUT2D eigenvalue weighted by Gasteiger charge is 2.23. The number of nitrogens with zero attached hydrogens (tertiary/aromatic N) is 3. The zero-order valence-electron chi connectivity index (χ0n) is 27.1. The highest BCUT2D eigenvalue weighted by molar-refractivity contribution is 7.96. The van der Waals surface area contributed by atoms with Crippen LogP contribution in [0.3, 0.4) is 0 Å². The van der Waals surface area contributed by atoms with Crippen molar-refractivity contribution in [3.05, 3.63) is 83.3 Å². The SMILES string of the molecule is CSN1CCCCC(Nc2cc3[nH]c(C(=O)c4cnn(C(=C/N)/C(C)=C\COc5c(F)cccc5F)c4N)cc3cc2OCC(F)F)CC1. The molecule has 262 valence electrons. The lowest BCUT2D eigenvalue weighted by Gasteiger charge is -2.28. The first-order valence-electron chi connectivity index (χ1n) is 15.8. The van der Waals surface area contributed by atoms with Crippen molar-refractivity contribution in [2.24, 2.45) is 5.73 Å². The molecule has 0 amide bonds. The van der Waals surface area contributed by atoms with E-state index in [1.165, 1.54) is 23.1 Å². The predicted molar refractivity (Wildman–Crippen MR) is 185 cm³/mol. The number of H-pyrrole nitrogens is 1. The molecule has 1 atom stereocenters. The van der Waals surface area contributed by atoms with Gasteiger partial charge in [-0.1, -0.05) is 24.4 Å². The maximum absolute atomic E-state index is 13.9. The highest BCUT2D eigenvalue weighted by Crippen LogP contribution is 2.34. The van der Waals surface area contributed by atoms with Crippen LogP contribution in [0.15, 0.2) is 60.4 Å². The lowest BCUT2D eigenvalue weighted by molar-refractivity contribution is 0.0823. The second-order valence-electron chi connectivity index (χ2n) is 11.5. The third-order valence-corrected chi connectivity index (χ3v) is 9.14. The number of rotatable bonds is 13. The number of ether oxygens (including phenoxy) is 2. The van der Waals surface area contributed by atoms with Gasteiger partial charge >= 0.3 is 0 Å². The topological polar surface area (TPSA) is 136 Å². The summed E-state index contributed by atoms with van der Waals surface area (Å²) in [6.07, 6.45) is 7.38. The Hall–Kier alpha value is -4.63. The molecule has 10 nitrogen and oxygen atoms in total. The van der Waals surface area contributed by atoms with E-state index in [4.69, 9.17) is 20.9 Å². The fourth-order valence-corrected chi connectivity index (χ4v) is 6.26. The van der Waals surface area contributed by atoms with E-state index in [1.807, 2.05) is 0 Å². The van der Waals surface area contributed by atoms with Crippen LogP contribution in [0, 0.1) is 11.6 Å². The second-order valence-corrected chi connectivity index (χ2v) is 12.4. The first-order valence-corrected chi connectivity index (χ1v) is 17.0. The molecule has 2 aromatic heterocycles. The summed E-state index contributed by atoms with van der Waals surface area (Å²) in [4.78, 5) is 16.8. The smallest absolute Gasteiger partial charge is 0.272 e. The van der Waals surface area contributed by atoms with E-state index >= 15 is 0 Å². The monoisotopic (exact) mass is 701 g/mol. The van der Waals surface area contributed by atoms with Gasteiger partial charge in [-0.05, 0) is 74.4 Å². The van der Waals surface area contributed by atoms with Crippen LogP contribution in [0.25, 0.3) is 16.6 Å². The van der Waals surface area contributed by atoms with Crippen molar-refractivity contribution in [3.8, 4) is 11.5 Å². The van der Waals surface area contributed by atoms with Crippen LogP contribution in [0.4, 0.5) is 29.1 Å². The van der Waals surface area contributed by atoms with Gasteiger partial charge in [0.25, 0.3) is 6.43 Å². The van der Waals surface area contributed by atoms with Gasteiger partial charge < -0.3 is 31.2 Å². The number of nitrogens with one attached hydrogen (secondary N) is 2. The Labute approximate surface area is 285 Å². The molecule has 1 fully saturated rings. The van der Waals surface area contributed by atoms with Crippen molar-refractivity contribution in [2.75, 3.05) is 43.6 Å². The Bertz CT molecular complexity index is 1820. The second kappa shape index (κ2) is 16.2. The summed E-state index contributed by atoms with van der Waals surface area (Å²) in [6.45, 7) is 2.64. The lowest BCUT2D eigenvalue weighted by Crippen LogP contribution is -2.29. The van der Waals surface area contributed by atoms with Gasteiger partial charge in [0.05, 0.1) is 28.8 Å². The maximum atomic E-state index is 13.9. The molecule has 15 heteroatoms. The quantitative estimate of drug-likeness (QED) is 0.0513. The first kappa shape index (κ1) is 35.7. The highest BCUT2D eigenvalue weighted by atomic mass is 32.2. The number of allylic oxidation sites excluding steroid dienone is 2. The zero-order valence-corrected chi connectivity index (χ0v) is 28.0. The van der Waals surface area contributed by atoms with Crippen molar-refractivity contribution in [3.63, 3.8) is 0 Å². The number of nitrogens with two attached hydrogens (primary N) is 2. The van der Waals surface area contributed by atoms with Crippen LogP contribution in [-0.2, 0) is 0 Å². The van der Waals surface area contributed by atoms with Gasteiger partial charge in [-0.15, -0.1) is 0 Å². The summed E-state index contributed by atoms with van der Waals surface area (Å²) in [5.41, 5.74) is 14.5. The molecule has 49 heavy (non-hydrogen) atoms. The molecule has 1 aliphatic heterocycles. The largest absolute Gasteiger partial charge is 0.485 e. The number of benzene rings is 2. The summed E-state index contributed by atoms with van der Waals surface area (Å²) in [7, 11) is 0. The Morgan fingerprint density at radius 1 is 1.16 bits per heavy atom. The Kier molecular flexibility index (Phi) is 11.8. The molecule has 0 bridgehead atoms. The van der Waals surface area contributed by atoms with Crippen LogP contribution in [0.5, 0.6) is 11.5 Å². The molecule has 1 unspecified atom stereocenters. The molecule has 0 radical (unpaired) electrons. The number of ketones is 1. The van der Waals surface area contributed by atoms with E-state index in [0.717, 1.165) is 50.9 Å². The Morgan fingerprint density at radius 2 is 1.94 bits per heavy atom. The molecule has 1 saturated heterocycles. The van der Waals surface area contributed by atoms with Gasteiger partial charge in [-0.25, -0.2) is 22.2 Å². The molecule has 4 aromatic rings. The van der Waals surface area contributed by atoms with Crippen molar-refractivity contribution < 1.29 is 31.8 Å². The molecular weight excluding hydrogens is 662 g/mol. The molecule has 6 N–H and O–H groups in total. The minimum atomic E-state index is -2.66. The average molecular weight is 702 g/mol. The minimum absolute atomic E-state index is 0.000975. The normalized spacial score (nSPS) is 16.5. The number of carbonyl (C=O) groups excluding carboxylic acids is 1. The number of para-hydroxylation sites is 1. The molecule has 0 aliphatic carbocycles. The number of aromatic amines is 1. The van der Waals surface area contributed by atoms with E-state index in [2.05, 4.69) is 26.0 Å². The van der Waals surface area contributed by atoms with E-state index in [1.54, 1.807) is 43.1 Å². The lowest BCUT2D eigenvalue weighted by atomic mass is 10.0. The molecule has 3 heterocycles. The predicted octanol–water partition coefficient (Wildman–Crippen LogP) is 6.82. The summed E-state index contributed by atoms with van der Waals surface area (Å²) in [5, 5.41) is 8.36. The zero-order chi connectivity index (χ0) is 35.1. The fraction of sp³-hybridized carbons (Fsp3) is 0.353. The van der Waals surface area contributed by atoms with E-state index in [9.17, 15) is 22.4 Å². The van der Waals surface area contributed by atoms with Crippen LogP contribution in [-0.4, -0.2) is 69.9 Å². The third-order valence-electron chi connectivity index (χ3n) is 8.26. The molecule has 1 aliphatic rings. The van der Waals surface area contributed by atoms with Crippen LogP contribution >= 0.6 is 11.9 Å². The average Bonchev–Trinajstić information content (AvgIpc) is 3.65. The van der Waals surface area contributed by atoms with Crippen molar-refractivity contribution in [1.29, 1.82) is 0 Å². The standard InChI is InChI=1S/C34H39F4N7O3S/c1-20(10-13-47-33-24(35)7-5-8-25(33)36)29(17-39)45-34(40)23(18-41-45)32(46)28-14-21-15-30(48-19-31(37)38)27(16-26(21)43-28)42-22-6-3-4-11-44(49-2)12-9-22/h5,7-8,10,14-18,22,31,42-43H,3-4,6,9,11-13,19,39-40H2,1-2H3/b20-10-,29-17+. The van der Waals surface area contributed by atoms with Crippen LogP contribution in [0.2, 0.25) is 0 Å². The first-order chi connectivity index (χ1) is 23.6. The van der Waals surface area contributed by atoms with Gasteiger partial charge in [-0.2, -0.15) is 5.10 Å². The number of hydrogen-bond donors (Lipinski definition) is 4. The van der Waals surface area contributed by atoms with E-state index in [0.29, 0.717) is 27.9 Å². The van der Waals surface area contributed by atoms with Gasteiger partial charge in [0.1, 0.15) is 24.8 Å². The van der Waals surface area contributed by atoms with Crippen molar-refractivity contribution in [2.45, 2.75) is 45.1 Å². The summed E-state index contributed by atoms with van der Waals surface area (Å²) < 4.78 is 68.6. The number of carbonyl (C=O) groups is 1. The summed E-state index contributed by atoms with van der Waals surface area (Å²) >= 11 is 1.71. The number of alkyl halides is 2. The number of halogens is 4. The number of fused-ring (bicyclic) bond motifs is 1. The van der Waals surface area contributed by atoms with Crippen molar-refractivity contribution in [1.82, 2.24) is 19.1 Å². The van der Waals surface area contributed by atoms with Gasteiger partial charge in [0.15, 0.2) is 17.4 Å². The number of aromatic nitrogens is 3. The van der Waals surface area contributed by atoms with Gasteiger partial charge in [-0.3, -0.25) is 9.10 Å². The number of hydrogen-bond acceptors (Lipinski definition) is 9.